The number of pyridine rings is 1. The topological polar surface area (TPSA) is 60.1 Å². The molecule has 0 aromatic carbocycles. The van der Waals surface area contributed by atoms with Crippen LogP contribution in [0.2, 0.25) is 0 Å². The molecule has 1 aliphatic rings. The molecule has 1 aliphatic heterocycles. The molecule has 84 valence electrons. The molecule has 3 heterocycles. The molecule has 1 saturated heterocycles. The largest absolute Gasteiger partial charge is 0.421 e. The second-order valence-corrected chi connectivity index (χ2v) is 4.10. The first kappa shape index (κ1) is 9.59. The number of hydrogen-bond donors (Lipinski definition) is 1. The first-order valence-corrected chi connectivity index (χ1v) is 5.52. The molecule has 2 aromatic heterocycles. The number of oxazole rings is 1. The third-order valence-corrected chi connectivity index (χ3v) is 2.99. The minimum atomic E-state index is -0.317. The fourth-order valence-corrected chi connectivity index (χ4v) is 2.19. The Morgan fingerprint density at radius 3 is 3.38 bits per heavy atom. The highest BCUT2D eigenvalue weighted by Gasteiger charge is 2.18. The van der Waals surface area contributed by atoms with Crippen molar-refractivity contribution in [2.24, 2.45) is 0 Å². The predicted octanol–water partition coefficient (Wildman–Crippen LogP) is 0.741. The number of nitrogens with one attached hydrogen (secondary N) is 1. The number of rotatable bonds is 2. The van der Waals surface area contributed by atoms with E-state index in [1.165, 1.54) is 6.42 Å². The Labute approximate surface area is 92.1 Å². The second kappa shape index (κ2) is 3.75. The number of aromatic nitrogens is 2. The van der Waals surface area contributed by atoms with Crippen LogP contribution in [0.4, 0.5) is 0 Å². The van der Waals surface area contributed by atoms with Crippen LogP contribution in [0.25, 0.3) is 11.2 Å². The Hall–Kier alpha value is -1.62. The zero-order valence-electron chi connectivity index (χ0n) is 8.85. The molecule has 1 fully saturated rings. The monoisotopic (exact) mass is 219 g/mol. The van der Waals surface area contributed by atoms with Gasteiger partial charge in [-0.1, -0.05) is 0 Å². The summed E-state index contributed by atoms with van der Waals surface area (Å²) in [5, 5.41) is 3.36. The van der Waals surface area contributed by atoms with Crippen molar-refractivity contribution < 1.29 is 4.42 Å². The van der Waals surface area contributed by atoms with Crippen LogP contribution in [-0.4, -0.2) is 22.1 Å². The van der Waals surface area contributed by atoms with Crippen LogP contribution < -0.4 is 11.1 Å². The van der Waals surface area contributed by atoms with Gasteiger partial charge in [0.05, 0.1) is 0 Å². The molecular formula is C11H13N3O2. The van der Waals surface area contributed by atoms with Gasteiger partial charge in [0, 0.05) is 18.8 Å². The van der Waals surface area contributed by atoms with Crippen LogP contribution in [0.1, 0.15) is 12.8 Å². The van der Waals surface area contributed by atoms with Crippen LogP contribution in [0, 0.1) is 0 Å². The van der Waals surface area contributed by atoms with Crippen molar-refractivity contribution in [1.29, 1.82) is 0 Å². The highest BCUT2D eigenvalue weighted by atomic mass is 16.4. The minimum absolute atomic E-state index is 0.317. The van der Waals surface area contributed by atoms with Crippen molar-refractivity contribution in [2.45, 2.75) is 25.4 Å². The molecule has 5 heteroatoms. The molecular weight excluding hydrogens is 206 g/mol. The summed E-state index contributed by atoms with van der Waals surface area (Å²) in [5.74, 6) is -0.317. The van der Waals surface area contributed by atoms with Crippen molar-refractivity contribution >= 4 is 11.2 Å². The molecule has 0 bridgehead atoms. The molecule has 16 heavy (non-hydrogen) atoms. The van der Waals surface area contributed by atoms with Crippen molar-refractivity contribution in [3.05, 3.63) is 28.9 Å². The normalized spacial score (nSPS) is 20.6. The van der Waals surface area contributed by atoms with Gasteiger partial charge in [-0.2, -0.15) is 0 Å². The Bertz CT molecular complexity index is 552. The third kappa shape index (κ3) is 1.53. The fourth-order valence-electron chi connectivity index (χ4n) is 2.19. The van der Waals surface area contributed by atoms with E-state index >= 15 is 0 Å². The fraction of sp³-hybridized carbons (Fsp3) is 0.455. The summed E-state index contributed by atoms with van der Waals surface area (Å²) in [6.07, 6.45) is 3.95. The first-order valence-electron chi connectivity index (χ1n) is 5.52. The quantitative estimate of drug-likeness (QED) is 0.809. The number of nitrogens with zero attached hydrogens (tertiary/aromatic N) is 2. The van der Waals surface area contributed by atoms with E-state index < -0.39 is 0 Å². The third-order valence-electron chi connectivity index (χ3n) is 2.99. The van der Waals surface area contributed by atoms with E-state index in [1.807, 2.05) is 0 Å². The highest BCUT2D eigenvalue weighted by molar-refractivity contribution is 5.67. The van der Waals surface area contributed by atoms with Gasteiger partial charge in [0.15, 0.2) is 11.2 Å². The Kier molecular flexibility index (Phi) is 2.25. The van der Waals surface area contributed by atoms with Crippen LogP contribution in [0.5, 0.6) is 0 Å². The van der Waals surface area contributed by atoms with Gasteiger partial charge in [0.25, 0.3) is 0 Å². The van der Waals surface area contributed by atoms with Gasteiger partial charge in [-0.05, 0) is 31.5 Å². The molecule has 0 unspecified atom stereocenters. The lowest BCUT2D eigenvalue weighted by Gasteiger charge is -2.09. The summed E-state index contributed by atoms with van der Waals surface area (Å²) in [6, 6.07) is 3.90. The van der Waals surface area contributed by atoms with E-state index in [9.17, 15) is 4.79 Å². The van der Waals surface area contributed by atoms with Crippen LogP contribution in [0.3, 0.4) is 0 Å². The maximum absolute atomic E-state index is 11.7. The lowest BCUT2D eigenvalue weighted by Crippen LogP contribution is -2.30. The van der Waals surface area contributed by atoms with E-state index in [0.29, 0.717) is 23.8 Å². The summed E-state index contributed by atoms with van der Waals surface area (Å²) < 4.78 is 6.74. The van der Waals surface area contributed by atoms with Gasteiger partial charge in [-0.15, -0.1) is 0 Å². The van der Waals surface area contributed by atoms with Crippen LogP contribution in [-0.2, 0) is 6.54 Å². The molecule has 3 rings (SSSR count). The molecule has 0 saturated carbocycles. The average molecular weight is 219 g/mol. The molecule has 0 spiro atoms. The number of hydrogen-bond acceptors (Lipinski definition) is 4. The van der Waals surface area contributed by atoms with E-state index in [0.717, 1.165) is 13.0 Å². The van der Waals surface area contributed by atoms with Gasteiger partial charge in [-0.25, -0.2) is 9.78 Å². The summed E-state index contributed by atoms with van der Waals surface area (Å²) in [4.78, 5) is 15.8. The smallest absolute Gasteiger partial charge is 0.406 e. The average Bonchev–Trinajstić information content (AvgIpc) is 2.89. The van der Waals surface area contributed by atoms with Gasteiger partial charge >= 0.3 is 5.76 Å². The van der Waals surface area contributed by atoms with E-state index in [4.69, 9.17) is 4.42 Å². The summed E-state index contributed by atoms with van der Waals surface area (Å²) in [5.41, 5.74) is 1.20. The lowest BCUT2D eigenvalue weighted by atomic mass is 10.2. The molecule has 5 nitrogen and oxygen atoms in total. The SMILES string of the molecule is O=c1oc2cccnc2n1C[C@@H]1CCCN1. The second-order valence-electron chi connectivity index (χ2n) is 4.10. The van der Waals surface area contributed by atoms with Crippen molar-refractivity contribution in [1.82, 2.24) is 14.9 Å². The summed E-state index contributed by atoms with van der Waals surface area (Å²) in [6.45, 7) is 1.67. The van der Waals surface area contributed by atoms with E-state index in [-0.39, 0.29) is 5.76 Å². The first-order chi connectivity index (χ1) is 7.84. The Morgan fingerprint density at radius 1 is 1.62 bits per heavy atom. The van der Waals surface area contributed by atoms with E-state index in [2.05, 4.69) is 10.3 Å². The molecule has 0 amide bonds. The minimum Gasteiger partial charge on any atom is -0.406 e. The lowest BCUT2D eigenvalue weighted by molar-refractivity contribution is 0.455. The maximum Gasteiger partial charge on any atom is 0.421 e. The van der Waals surface area contributed by atoms with Crippen LogP contribution >= 0.6 is 0 Å². The molecule has 0 aliphatic carbocycles. The van der Waals surface area contributed by atoms with Crippen LogP contribution in [0.15, 0.2) is 27.5 Å². The zero-order chi connectivity index (χ0) is 11.0. The van der Waals surface area contributed by atoms with E-state index in [1.54, 1.807) is 22.9 Å². The molecule has 1 N–H and O–H groups in total. The predicted molar refractivity (Wildman–Crippen MR) is 59.3 cm³/mol. The molecule has 1 atom stereocenters. The van der Waals surface area contributed by atoms with Crippen molar-refractivity contribution in [3.63, 3.8) is 0 Å². The maximum atomic E-state index is 11.7. The van der Waals surface area contributed by atoms with Gasteiger partial charge in [0.2, 0.25) is 0 Å². The van der Waals surface area contributed by atoms with Gasteiger partial charge in [-0.3, -0.25) is 4.57 Å². The van der Waals surface area contributed by atoms with Crippen molar-refractivity contribution in [2.75, 3.05) is 6.54 Å². The number of fused-ring (bicyclic) bond motifs is 1. The Morgan fingerprint density at radius 2 is 2.56 bits per heavy atom. The molecule has 0 radical (unpaired) electrons. The Balaban J connectivity index is 2.01. The summed E-state index contributed by atoms with van der Waals surface area (Å²) in [7, 11) is 0. The molecule has 2 aromatic rings. The zero-order valence-corrected chi connectivity index (χ0v) is 8.85. The van der Waals surface area contributed by atoms with Crippen molar-refractivity contribution in [3.8, 4) is 0 Å². The standard InChI is InChI=1S/C11H13N3O2/c15-11-14(7-8-3-1-5-12-8)10-9(16-11)4-2-6-13-10/h2,4,6,8,12H,1,3,5,7H2/t8-/m0/s1. The highest BCUT2D eigenvalue weighted by Crippen LogP contribution is 2.12. The van der Waals surface area contributed by atoms with Gasteiger partial charge in [0.1, 0.15) is 0 Å². The summed E-state index contributed by atoms with van der Waals surface area (Å²) >= 11 is 0. The van der Waals surface area contributed by atoms with Gasteiger partial charge < -0.3 is 9.73 Å².